The maximum absolute atomic E-state index is 12.1. The summed E-state index contributed by atoms with van der Waals surface area (Å²) >= 11 is 0. The first-order chi connectivity index (χ1) is 12.8. The van der Waals surface area contributed by atoms with Gasteiger partial charge in [0.15, 0.2) is 0 Å². The number of benzene rings is 1. The molecule has 0 fully saturated rings. The molecule has 27 heavy (non-hydrogen) atoms. The first-order valence-electron chi connectivity index (χ1n) is 8.68. The Morgan fingerprint density at radius 1 is 1.22 bits per heavy atom. The van der Waals surface area contributed by atoms with Crippen molar-refractivity contribution in [3.63, 3.8) is 0 Å². The highest BCUT2D eigenvalue weighted by Crippen LogP contribution is 2.15. The van der Waals surface area contributed by atoms with Crippen LogP contribution in [0.25, 0.3) is 0 Å². The summed E-state index contributed by atoms with van der Waals surface area (Å²) < 4.78 is 6.74. The van der Waals surface area contributed by atoms with Crippen molar-refractivity contribution in [2.45, 2.75) is 33.2 Å². The lowest BCUT2D eigenvalue weighted by Gasteiger charge is -2.10. The summed E-state index contributed by atoms with van der Waals surface area (Å²) in [5, 5.41) is 5.36. The maximum atomic E-state index is 12.1. The van der Waals surface area contributed by atoms with E-state index in [0.29, 0.717) is 30.3 Å². The lowest BCUT2D eigenvalue weighted by atomic mass is 10.1. The number of amides is 2. The van der Waals surface area contributed by atoms with E-state index < -0.39 is 0 Å². The standard InChI is InChI=1S/C19H24N4O4/c1-13(2)17-10-19(26)23(12-21-17)11-18(25)22-15-4-6-16(7-5-15)27-9-8-20-14(3)24/h4-7,10,12-13H,8-9,11H2,1-3H3,(H,20,24)(H,22,25). The van der Waals surface area contributed by atoms with Gasteiger partial charge in [-0.05, 0) is 30.2 Å². The van der Waals surface area contributed by atoms with Crippen LogP contribution in [0.2, 0.25) is 0 Å². The van der Waals surface area contributed by atoms with Crippen molar-refractivity contribution in [3.8, 4) is 5.75 Å². The summed E-state index contributed by atoms with van der Waals surface area (Å²) in [6.07, 6.45) is 1.39. The van der Waals surface area contributed by atoms with Crippen molar-refractivity contribution in [2.75, 3.05) is 18.5 Å². The smallest absolute Gasteiger partial charge is 0.254 e. The average Bonchev–Trinajstić information content (AvgIpc) is 2.61. The van der Waals surface area contributed by atoms with Crippen LogP contribution in [-0.4, -0.2) is 34.5 Å². The first-order valence-corrected chi connectivity index (χ1v) is 8.68. The fourth-order valence-corrected chi connectivity index (χ4v) is 2.26. The molecule has 2 aromatic rings. The average molecular weight is 372 g/mol. The SMILES string of the molecule is CC(=O)NCCOc1ccc(NC(=O)Cn2cnc(C(C)C)cc2=O)cc1. The van der Waals surface area contributed by atoms with E-state index in [1.165, 1.54) is 23.9 Å². The maximum Gasteiger partial charge on any atom is 0.254 e. The number of carbonyl (C=O) groups is 2. The van der Waals surface area contributed by atoms with E-state index in [2.05, 4.69) is 15.6 Å². The number of anilines is 1. The van der Waals surface area contributed by atoms with E-state index in [9.17, 15) is 14.4 Å². The van der Waals surface area contributed by atoms with Gasteiger partial charge in [-0.2, -0.15) is 0 Å². The van der Waals surface area contributed by atoms with Gasteiger partial charge in [0.1, 0.15) is 18.9 Å². The summed E-state index contributed by atoms with van der Waals surface area (Å²) in [5.41, 5.74) is 1.03. The Bertz CT molecular complexity index is 844. The van der Waals surface area contributed by atoms with Crippen LogP contribution in [-0.2, 0) is 16.1 Å². The second-order valence-electron chi connectivity index (χ2n) is 6.34. The Balaban J connectivity index is 1.87. The van der Waals surface area contributed by atoms with Crippen LogP contribution in [0.15, 0.2) is 41.5 Å². The Morgan fingerprint density at radius 3 is 2.52 bits per heavy atom. The third-order valence-electron chi connectivity index (χ3n) is 3.69. The van der Waals surface area contributed by atoms with Gasteiger partial charge in [0.2, 0.25) is 11.8 Å². The molecule has 2 N–H and O–H groups in total. The molecule has 2 rings (SSSR count). The molecule has 0 aliphatic rings. The molecule has 0 unspecified atom stereocenters. The highest BCUT2D eigenvalue weighted by molar-refractivity contribution is 5.90. The zero-order valence-electron chi connectivity index (χ0n) is 15.7. The molecule has 1 heterocycles. The molecule has 0 saturated carbocycles. The van der Waals surface area contributed by atoms with Crippen LogP contribution >= 0.6 is 0 Å². The third kappa shape index (κ3) is 6.58. The van der Waals surface area contributed by atoms with Gasteiger partial charge in [0, 0.05) is 18.7 Å². The number of carbonyl (C=O) groups excluding carboxylic acids is 2. The lowest BCUT2D eigenvalue weighted by Crippen LogP contribution is -2.28. The van der Waals surface area contributed by atoms with Crippen LogP contribution in [0.3, 0.4) is 0 Å². The zero-order valence-corrected chi connectivity index (χ0v) is 15.7. The van der Waals surface area contributed by atoms with Gasteiger partial charge in [0.25, 0.3) is 5.56 Å². The van der Waals surface area contributed by atoms with Gasteiger partial charge in [0.05, 0.1) is 18.6 Å². The van der Waals surface area contributed by atoms with Crippen molar-refractivity contribution < 1.29 is 14.3 Å². The highest BCUT2D eigenvalue weighted by atomic mass is 16.5. The van der Waals surface area contributed by atoms with Crippen LogP contribution in [0.1, 0.15) is 32.4 Å². The molecular weight excluding hydrogens is 348 g/mol. The minimum Gasteiger partial charge on any atom is -0.492 e. The first kappa shape index (κ1) is 20.2. The number of nitrogens with zero attached hydrogens (tertiary/aromatic N) is 2. The van der Waals surface area contributed by atoms with Crippen LogP contribution in [0.5, 0.6) is 5.75 Å². The van der Waals surface area contributed by atoms with Gasteiger partial charge in [-0.25, -0.2) is 4.98 Å². The molecule has 0 radical (unpaired) electrons. The predicted molar refractivity (Wildman–Crippen MR) is 102 cm³/mol. The van der Waals surface area contributed by atoms with Crippen LogP contribution < -0.4 is 20.9 Å². The molecule has 0 atom stereocenters. The van der Waals surface area contributed by atoms with Crippen molar-refractivity contribution in [1.82, 2.24) is 14.9 Å². The number of nitrogens with one attached hydrogen (secondary N) is 2. The Kier molecular flexibility index (Phi) is 7.10. The number of hydrogen-bond acceptors (Lipinski definition) is 5. The van der Waals surface area contributed by atoms with Gasteiger partial charge < -0.3 is 15.4 Å². The summed E-state index contributed by atoms with van der Waals surface area (Å²) in [6, 6.07) is 8.29. The van der Waals surface area contributed by atoms with E-state index in [1.807, 2.05) is 13.8 Å². The van der Waals surface area contributed by atoms with E-state index in [-0.39, 0.29) is 29.8 Å². The quantitative estimate of drug-likeness (QED) is 0.684. The normalized spacial score (nSPS) is 10.5. The van der Waals surface area contributed by atoms with Gasteiger partial charge in [-0.1, -0.05) is 13.8 Å². The third-order valence-corrected chi connectivity index (χ3v) is 3.69. The minimum atomic E-state index is -0.324. The monoisotopic (exact) mass is 372 g/mol. The second kappa shape index (κ2) is 9.51. The minimum absolute atomic E-state index is 0.107. The van der Waals surface area contributed by atoms with Crippen molar-refractivity contribution >= 4 is 17.5 Å². The molecule has 0 bridgehead atoms. The molecule has 8 heteroatoms. The molecule has 0 aliphatic carbocycles. The fraction of sp³-hybridized carbons (Fsp3) is 0.368. The molecule has 8 nitrogen and oxygen atoms in total. The topological polar surface area (TPSA) is 102 Å². The largest absolute Gasteiger partial charge is 0.492 e. The fourth-order valence-electron chi connectivity index (χ4n) is 2.26. The molecule has 1 aromatic carbocycles. The van der Waals surface area contributed by atoms with E-state index >= 15 is 0 Å². The van der Waals surface area contributed by atoms with E-state index in [4.69, 9.17) is 4.74 Å². The number of aromatic nitrogens is 2. The molecule has 0 aliphatic heterocycles. The predicted octanol–water partition coefficient (Wildman–Crippen LogP) is 1.52. The van der Waals surface area contributed by atoms with Crippen molar-refractivity contribution in [1.29, 1.82) is 0 Å². The molecule has 144 valence electrons. The summed E-state index contributed by atoms with van der Waals surface area (Å²) in [4.78, 5) is 39.2. The summed E-state index contributed by atoms with van der Waals surface area (Å²) in [6.45, 7) is 6.01. The zero-order chi connectivity index (χ0) is 19.8. The molecule has 0 spiro atoms. The Hall–Kier alpha value is -3.16. The molecule has 1 aromatic heterocycles. The van der Waals surface area contributed by atoms with E-state index in [0.717, 1.165) is 0 Å². The second-order valence-corrected chi connectivity index (χ2v) is 6.34. The summed E-state index contributed by atoms with van der Waals surface area (Å²) in [7, 11) is 0. The number of rotatable bonds is 8. The number of ether oxygens (including phenoxy) is 1. The van der Waals surface area contributed by atoms with Gasteiger partial charge in [-0.15, -0.1) is 0 Å². The van der Waals surface area contributed by atoms with Crippen molar-refractivity contribution in [3.05, 3.63) is 52.7 Å². The summed E-state index contributed by atoms with van der Waals surface area (Å²) in [5.74, 6) is 0.350. The highest BCUT2D eigenvalue weighted by Gasteiger charge is 2.08. The Morgan fingerprint density at radius 2 is 1.93 bits per heavy atom. The van der Waals surface area contributed by atoms with Gasteiger partial charge in [-0.3, -0.25) is 19.0 Å². The van der Waals surface area contributed by atoms with Gasteiger partial charge >= 0.3 is 0 Å². The molecular formula is C19H24N4O4. The molecule has 2 amide bonds. The molecule has 0 saturated heterocycles. The lowest BCUT2D eigenvalue weighted by molar-refractivity contribution is -0.119. The number of hydrogen-bond donors (Lipinski definition) is 2. The van der Waals surface area contributed by atoms with Crippen LogP contribution in [0, 0.1) is 0 Å². The van der Waals surface area contributed by atoms with Crippen molar-refractivity contribution in [2.24, 2.45) is 0 Å². The Labute approximate surface area is 157 Å². The van der Waals surface area contributed by atoms with E-state index in [1.54, 1.807) is 24.3 Å². The van der Waals surface area contributed by atoms with Crippen LogP contribution in [0.4, 0.5) is 5.69 Å².